The SMILES string of the molecule is COc1ccc(C=NN=C(N)N)cc1COc1ccc2c(c1)OCO2. The normalized spacial score (nSPS) is 12.2. The van der Waals surface area contributed by atoms with Crippen LogP contribution in [0.4, 0.5) is 0 Å². The number of nitrogens with two attached hydrogens (primary N) is 2. The Bertz CT molecular complexity index is 816. The van der Waals surface area contributed by atoms with Crippen LogP contribution in [0.5, 0.6) is 23.0 Å². The number of fused-ring (bicyclic) bond motifs is 1. The maximum Gasteiger partial charge on any atom is 0.231 e. The summed E-state index contributed by atoms with van der Waals surface area (Å²) in [5.74, 6) is 2.66. The monoisotopic (exact) mass is 342 g/mol. The van der Waals surface area contributed by atoms with Crippen molar-refractivity contribution in [1.29, 1.82) is 0 Å². The fourth-order valence-electron chi connectivity index (χ4n) is 2.28. The van der Waals surface area contributed by atoms with Crippen LogP contribution < -0.4 is 30.4 Å². The molecule has 1 aliphatic heterocycles. The van der Waals surface area contributed by atoms with Gasteiger partial charge in [-0.05, 0) is 35.9 Å². The lowest BCUT2D eigenvalue weighted by Gasteiger charge is -2.11. The fraction of sp³-hybridized carbons (Fsp3) is 0.176. The number of ether oxygens (including phenoxy) is 4. The largest absolute Gasteiger partial charge is 0.496 e. The molecule has 2 aromatic carbocycles. The topological polar surface area (TPSA) is 114 Å². The molecule has 4 N–H and O–H groups in total. The third-order valence-corrected chi connectivity index (χ3v) is 3.42. The second-order valence-electron chi connectivity index (χ2n) is 5.14. The molecule has 0 fully saturated rings. The van der Waals surface area contributed by atoms with Gasteiger partial charge in [-0.3, -0.25) is 0 Å². The Kier molecular flexibility index (Phi) is 4.89. The van der Waals surface area contributed by atoms with Gasteiger partial charge in [0.2, 0.25) is 12.8 Å². The highest BCUT2D eigenvalue weighted by molar-refractivity contribution is 5.82. The molecular weight excluding hydrogens is 324 g/mol. The Morgan fingerprint density at radius 2 is 2.00 bits per heavy atom. The number of hydrogen-bond donors (Lipinski definition) is 2. The van der Waals surface area contributed by atoms with Crippen LogP contribution in [0.25, 0.3) is 0 Å². The summed E-state index contributed by atoms with van der Waals surface area (Å²) in [6.07, 6.45) is 1.54. The number of nitrogens with zero attached hydrogens (tertiary/aromatic N) is 2. The van der Waals surface area contributed by atoms with E-state index in [0.29, 0.717) is 29.6 Å². The van der Waals surface area contributed by atoms with Gasteiger partial charge in [0.1, 0.15) is 18.1 Å². The van der Waals surface area contributed by atoms with E-state index in [-0.39, 0.29) is 12.8 Å². The summed E-state index contributed by atoms with van der Waals surface area (Å²) in [6, 6.07) is 11.0. The summed E-state index contributed by atoms with van der Waals surface area (Å²) in [5.41, 5.74) is 12.1. The zero-order valence-electron chi connectivity index (χ0n) is 13.6. The Morgan fingerprint density at radius 3 is 2.80 bits per heavy atom. The Morgan fingerprint density at radius 1 is 1.16 bits per heavy atom. The van der Waals surface area contributed by atoms with E-state index in [1.165, 1.54) is 0 Å². The van der Waals surface area contributed by atoms with Crippen LogP contribution in [0.15, 0.2) is 46.6 Å². The van der Waals surface area contributed by atoms with E-state index in [0.717, 1.165) is 11.1 Å². The lowest BCUT2D eigenvalue weighted by molar-refractivity contribution is 0.173. The van der Waals surface area contributed by atoms with Crippen LogP contribution in [-0.4, -0.2) is 26.1 Å². The summed E-state index contributed by atoms with van der Waals surface area (Å²) in [5, 5.41) is 7.37. The summed E-state index contributed by atoms with van der Waals surface area (Å²) < 4.78 is 21.8. The lowest BCUT2D eigenvalue weighted by Crippen LogP contribution is -2.21. The number of rotatable bonds is 6. The molecule has 3 rings (SSSR count). The number of benzene rings is 2. The first-order valence-corrected chi connectivity index (χ1v) is 7.47. The van der Waals surface area contributed by atoms with Crippen molar-refractivity contribution in [3.63, 3.8) is 0 Å². The molecule has 0 atom stereocenters. The second kappa shape index (κ2) is 7.43. The first kappa shape index (κ1) is 16.4. The average molecular weight is 342 g/mol. The molecule has 0 radical (unpaired) electrons. The zero-order chi connectivity index (χ0) is 17.6. The first-order valence-electron chi connectivity index (χ1n) is 7.47. The van der Waals surface area contributed by atoms with E-state index < -0.39 is 0 Å². The van der Waals surface area contributed by atoms with Crippen molar-refractivity contribution in [2.45, 2.75) is 6.61 Å². The molecule has 0 spiro atoms. The van der Waals surface area contributed by atoms with Crippen LogP contribution >= 0.6 is 0 Å². The molecule has 8 heteroatoms. The maximum atomic E-state index is 5.83. The van der Waals surface area contributed by atoms with Gasteiger partial charge in [-0.2, -0.15) is 5.10 Å². The van der Waals surface area contributed by atoms with Gasteiger partial charge in [-0.15, -0.1) is 5.10 Å². The summed E-state index contributed by atoms with van der Waals surface area (Å²) in [7, 11) is 1.60. The molecule has 0 amide bonds. The summed E-state index contributed by atoms with van der Waals surface area (Å²) in [4.78, 5) is 0. The molecular formula is C17H18N4O4. The summed E-state index contributed by atoms with van der Waals surface area (Å²) >= 11 is 0. The maximum absolute atomic E-state index is 5.83. The number of methoxy groups -OCH3 is 1. The predicted molar refractivity (Wildman–Crippen MR) is 93.3 cm³/mol. The second-order valence-corrected chi connectivity index (χ2v) is 5.14. The van der Waals surface area contributed by atoms with Gasteiger partial charge < -0.3 is 30.4 Å². The smallest absolute Gasteiger partial charge is 0.231 e. The van der Waals surface area contributed by atoms with Gasteiger partial charge in [0.25, 0.3) is 0 Å². The molecule has 1 aliphatic rings. The third-order valence-electron chi connectivity index (χ3n) is 3.42. The van der Waals surface area contributed by atoms with E-state index in [1.807, 2.05) is 30.3 Å². The highest BCUT2D eigenvalue weighted by Crippen LogP contribution is 2.35. The molecule has 1 heterocycles. The molecule has 8 nitrogen and oxygen atoms in total. The van der Waals surface area contributed by atoms with Crippen LogP contribution in [-0.2, 0) is 6.61 Å². The molecule has 0 aliphatic carbocycles. The molecule has 0 saturated heterocycles. The van der Waals surface area contributed by atoms with Crippen LogP contribution in [0.2, 0.25) is 0 Å². The van der Waals surface area contributed by atoms with Crippen LogP contribution in [0.3, 0.4) is 0 Å². The minimum absolute atomic E-state index is 0.101. The fourth-order valence-corrected chi connectivity index (χ4v) is 2.28. The standard InChI is InChI=1S/C17H18N4O4/c1-22-14-4-2-11(8-20-21-17(18)19)6-12(14)9-23-13-3-5-15-16(7-13)25-10-24-15/h2-8H,9-10H2,1H3,(H4,18,19,21). The van der Waals surface area contributed by atoms with Gasteiger partial charge >= 0.3 is 0 Å². The van der Waals surface area contributed by atoms with Gasteiger partial charge in [0, 0.05) is 11.6 Å². The molecule has 25 heavy (non-hydrogen) atoms. The Hall–Kier alpha value is -3.42. The van der Waals surface area contributed by atoms with Crippen molar-refractivity contribution < 1.29 is 18.9 Å². The summed E-state index contributed by atoms with van der Waals surface area (Å²) in [6.45, 7) is 0.538. The van der Waals surface area contributed by atoms with E-state index >= 15 is 0 Å². The van der Waals surface area contributed by atoms with Gasteiger partial charge in [-0.1, -0.05) is 0 Å². The zero-order valence-corrected chi connectivity index (χ0v) is 13.6. The first-order chi connectivity index (χ1) is 12.2. The molecule has 0 saturated carbocycles. The van der Waals surface area contributed by atoms with E-state index in [2.05, 4.69) is 10.2 Å². The number of hydrogen-bond acceptors (Lipinski definition) is 6. The highest BCUT2D eigenvalue weighted by atomic mass is 16.7. The van der Waals surface area contributed by atoms with Crippen LogP contribution in [0, 0.1) is 0 Å². The molecule has 0 unspecified atom stereocenters. The lowest BCUT2D eigenvalue weighted by atomic mass is 10.1. The Labute approximate surface area is 144 Å². The van der Waals surface area contributed by atoms with Crippen LogP contribution in [0.1, 0.15) is 11.1 Å². The van der Waals surface area contributed by atoms with E-state index in [9.17, 15) is 0 Å². The number of guanidine groups is 1. The third kappa shape index (κ3) is 4.11. The van der Waals surface area contributed by atoms with E-state index in [4.69, 9.17) is 30.4 Å². The van der Waals surface area contributed by atoms with Crippen molar-refractivity contribution >= 4 is 12.2 Å². The molecule has 0 aromatic heterocycles. The Balaban J connectivity index is 1.74. The van der Waals surface area contributed by atoms with Crippen molar-refractivity contribution in [1.82, 2.24) is 0 Å². The molecule has 2 aromatic rings. The van der Waals surface area contributed by atoms with Crippen molar-refractivity contribution in [2.75, 3.05) is 13.9 Å². The van der Waals surface area contributed by atoms with Gasteiger partial charge in [0.05, 0.1) is 13.3 Å². The van der Waals surface area contributed by atoms with Crippen molar-refractivity contribution in [2.24, 2.45) is 21.7 Å². The predicted octanol–water partition coefficient (Wildman–Crippen LogP) is 1.61. The van der Waals surface area contributed by atoms with Gasteiger partial charge in [-0.25, -0.2) is 0 Å². The quantitative estimate of drug-likeness (QED) is 0.468. The highest BCUT2D eigenvalue weighted by Gasteiger charge is 2.14. The average Bonchev–Trinajstić information content (AvgIpc) is 3.07. The van der Waals surface area contributed by atoms with Crippen molar-refractivity contribution in [3.05, 3.63) is 47.5 Å². The molecule has 0 bridgehead atoms. The van der Waals surface area contributed by atoms with Crippen molar-refractivity contribution in [3.8, 4) is 23.0 Å². The van der Waals surface area contributed by atoms with E-state index in [1.54, 1.807) is 19.4 Å². The molecule has 130 valence electrons. The minimum Gasteiger partial charge on any atom is -0.496 e. The minimum atomic E-state index is -0.101. The van der Waals surface area contributed by atoms with Gasteiger partial charge in [0.15, 0.2) is 11.5 Å².